The fraction of sp³-hybridized carbons (Fsp3) is 0.533. The molecule has 1 saturated heterocycles. The van der Waals surface area contributed by atoms with Gasteiger partial charge in [0.05, 0.1) is 5.56 Å². The lowest BCUT2D eigenvalue weighted by molar-refractivity contribution is 0.163. The number of oxime groups is 1. The zero-order valence-corrected chi connectivity index (χ0v) is 11.8. The molecule has 0 radical (unpaired) electrons. The minimum atomic E-state index is -0.388. The highest BCUT2D eigenvalue weighted by Gasteiger charge is 2.20. The molecule has 0 spiro atoms. The Balaban J connectivity index is 2.13. The van der Waals surface area contributed by atoms with Crippen molar-refractivity contribution in [2.24, 2.45) is 16.8 Å². The Bertz CT molecular complexity index is 490. The summed E-state index contributed by atoms with van der Waals surface area (Å²) >= 11 is 0. The monoisotopic (exact) mass is 279 g/mol. The number of likely N-dealkylation sites (tertiary alicyclic amines) is 1. The zero-order chi connectivity index (χ0) is 14.5. The molecule has 5 heteroatoms. The molecule has 4 nitrogen and oxygen atoms in total. The largest absolute Gasteiger partial charge is 0.409 e. The van der Waals surface area contributed by atoms with Gasteiger partial charge in [0.25, 0.3) is 0 Å². The molecule has 1 fully saturated rings. The molecule has 1 aliphatic heterocycles. The lowest BCUT2D eigenvalue weighted by Crippen LogP contribution is -2.35. The molecule has 3 N–H and O–H groups in total. The number of rotatable bonds is 4. The molecule has 110 valence electrons. The molecule has 1 aliphatic rings. The standard InChI is InChI=1S/C15H22FN3O/c1-2-11-5-4-8-19(9-11)10-12-6-3-7-13(14(12)16)15(17)18-20/h3,6-7,11,20H,2,4-5,8-10H2,1H3,(H2,17,18). The van der Waals surface area contributed by atoms with Crippen LogP contribution in [0.25, 0.3) is 0 Å². The smallest absolute Gasteiger partial charge is 0.173 e. The number of benzene rings is 1. The van der Waals surface area contributed by atoms with Crippen LogP contribution in [0.2, 0.25) is 0 Å². The van der Waals surface area contributed by atoms with Gasteiger partial charge in [-0.05, 0) is 31.4 Å². The second-order valence-corrected chi connectivity index (χ2v) is 5.42. The van der Waals surface area contributed by atoms with Crippen molar-refractivity contribution >= 4 is 5.84 Å². The fourth-order valence-corrected chi connectivity index (χ4v) is 2.82. The summed E-state index contributed by atoms with van der Waals surface area (Å²) in [4.78, 5) is 2.28. The Hall–Kier alpha value is -1.62. The third-order valence-corrected chi connectivity index (χ3v) is 4.04. The van der Waals surface area contributed by atoms with Gasteiger partial charge in [0, 0.05) is 18.7 Å². The predicted octanol–water partition coefficient (Wildman–Crippen LogP) is 2.54. The van der Waals surface area contributed by atoms with Gasteiger partial charge < -0.3 is 10.9 Å². The van der Waals surface area contributed by atoms with E-state index in [0.717, 1.165) is 13.1 Å². The van der Waals surface area contributed by atoms with Gasteiger partial charge in [0.1, 0.15) is 5.82 Å². The summed E-state index contributed by atoms with van der Waals surface area (Å²) in [7, 11) is 0. The quantitative estimate of drug-likeness (QED) is 0.385. The summed E-state index contributed by atoms with van der Waals surface area (Å²) in [5.74, 6) is 0.134. The Morgan fingerprint density at radius 1 is 1.55 bits per heavy atom. The average Bonchev–Trinajstić information content (AvgIpc) is 2.49. The second-order valence-electron chi connectivity index (χ2n) is 5.42. The molecule has 1 unspecified atom stereocenters. The van der Waals surface area contributed by atoms with Crippen LogP contribution in [0.3, 0.4) is 0 Å². The maximum Gasteiger partial charge on any atom is 0.173 e. The van der Waals surface area contributed by atoms with E-state index >= 15 is 0 Å². The second kappa shape index (κ2) is 6.70. The van der Waals surface area contributed by atoms with Crippen molar-refractivity contribution in [2.75, 3.05) is 13.1 Å². The van der Waals surface area contributed by atoms with Crippen LogP contribution in [0.15, 0.2) is 23.4 Å². The number of piperidine rings is 1. The van der Waals surface area contributed by atoms with Crippen molar-refractivity contribution in [1.82, 2.24) is 4.90 Å². The van der Waals surface area contributed by atoms with Crippen molar-refractivity contribution in [1.29, 1.82) is 0 Å². The van der Waals surface area contributed by atoms with E-state index in [2.05, 4.69) is 17.0 Å². The highest BCUT2D eigenvalue weighted by atomic mass is 19.1. The number of halogens is 1. The van der Waals surface area contributed by atoms with Gasteiger partial charge in [0.2, 0.25) is 0 Å². The SMILES string of the molecule is CCC1CCCN(Cc2cccc(/C(N)=N/O)c2F)C1. The van der Waals surface area contributed by atoms with Crippen LogP contribution in [0.1, 0.15) is 37.3 Å². The molecule has 0 amide bonds. The number of hydrogen-bond acceptors (Lipinski definition) is 3. The van der Waals surface area contributed by atoms with Crippen molar-refractivity contribution in [3.8, 4) is 0 Å². The summed E-state index contributed by atoms with van der Waals surface area (Å²) in [6.45, 7) is 4.80. The van der Waals surface area contributed by atoms with E-state index in [-0.39, 0.29) is 17.2 Å². The Labute approximate surface area is 119 Å². The topological polar surface area (TPSA) is 61.8 Å². The van der Waals surface area contributed by atoms with E-state index in [1.54, 1.807) is 12.1 Å². The van der Waals surface area contributed by atoms with Gasteiger partial charge in [-0.2, -0.15) is 0 Å². The molecule has 1 atom stereocenters. The first-order valence-corrected chi connectivity index (χ1v) is 7.13. The fourth-order valence-electron chi connectivity index (χ4n) is 2.82. The lowest BCUT2D eigenvalue weighted by atomic mass is 9.95. The number of amidine groups is 1. The summed E-state index contributed by atoms with van der Waals surface area (Å²) in [6, 6.07) is 5.03. The van der Waals surface area contributed by atoms with Crippen molar-refractivity contribution in [2.45, 2.75) is 32.7 Å². The van der Waals surface area contributed by atoms with Gasteiger partial charge in [0.15, 0.2) is 5.84 Å². The van der Waals surface area contributed by atoms with Crippen molar-refractivity contribution < 1.29 is 9.60 Å². The molecular weight excluding hydrogens is 257 g/mol. The summed E-state index contributed by atoms with van der Waals surface area (Å²) in [5.41, 5.74) is 6.25. The highest BCUT2D eigenvalue weighted by Crippen LogP contribution is 2.22. The van der Waals surface area contributed by atoms with Crippen LogP contribution in [-0.2, 0) is 6.54 Å². The first kappa shape index (κ1) is 14.8. The predicted molar refractivity (Wildman–Crippen MR) is 77.2 cm³/mol. The van der Waals surface area contributed by atoms with Crippen LogP contribution >= 0.6 is 0 Å². The Morgan fingerprint density at radius 2 is 2.35 bits per heavy atom. The van der Waals surface area contributed by atoms with Crippen LogP contribution in [0, 0.1) is 11.7 Å². The Morgan fingerprint density at radius 3 is 3.05 bits per heavy atom. The number of nitrogens with zero attached hydrogens (tertiary/aromatic N) is 2. The molecule has 1 aromatic carbocycles. The molecule has 1 heterocycles. The van der Waals surface area contributed by atoms with Crippen molar-refractivity contribution in [3.05, 3.63) is 35.1 Å². The average molecular weight is 279 g/mol. The highest BCUT2D eigenvalue weighted by molar-refractivity contribution is 5.97. The van der Waals surface area contributed by atoms with E-state index in [0.29, 0.717) is 18.0 Å². The number of hydrogen-bond donors (Lipinski definition) is 2. The van der Waals surface area contributed by atoms with E-state index in [4.69, 9.17) is 10.9 Å². The lowest BCUT2D eigenvalue weighted by Gasteiger charge is -2.32. The molecular formula is C15H22FN3O. The molecule has 0 aromatic heterocycles. The van der Waals surface area contributed by atoms with E-state index in [1.165, 1.54) is 25.3 Å². The third kappa shape index (κ3) is 3.28. The van der Waals surface area contributed by atoms with E-state index in [1.807, 2.05) is 0 Å². The van der Waals surface area contributed by atoms with Gasteiger partial charge in [-0.1, -0.05) is 30.6 Å². The van der Waals surface area contributed by atoms with Gasteiger partial charge in [-0.25, -0.2) is 4.39 Å². The number of nitrogens with two attached hydrogens (primary N) is 1. The molecule has 20 heavy (non-hydrogen) atoms. The summed E-state index contributed by atoms with van der Waals surface area (Å²) in [6.07, 6.45) is 3.60. The third-order valence-electron chi connectivity index (χ3n) is 4.04. The van der Waals surface area contributed by atoms with Crippen molar-refractivity contribution in [3.63, 3.8) is 0 Å². The van der Waals surface area contributed by atoms with E-state index in [9.17, 15) is 4.39 Å². The molecule has 1 aromatic rings. The summed E-state index contributed by atoms with van der Waals surface area (Å²) < 4.78 is 14.3. The zero-order valence-electron chi connectivity index (χ0n) is 11.8. The minimum absolute atomic E-state index is 0.161. The van der Waals surface area contributed by atoms with E-state index < -0.39 is 0 Å². The Kier molecular flexibility index (Phi) is 4.95. The maximum atomic E-state index is 14.3. The first-order valence-electron chi connectivity index (χ1n) is 7.13. The van der Waals surface area contributed by atoms with Gasteiger partial charge in [-0.3, -0.25) is 4.90 Å². The minimum Gasteiger partial charge on any atom is -0.409 e. The maximum absolute atomic E-state index is 14.3. The van der Waals surface area contributed by atoms with Crippen LogP contribution in [0.5, 0.6) is 0 Å². The molecule has 0 bridgehead atoms. The van der Waals surface area contributed by atoms with Gasteiger partial charge >= 0.3 is 0 Å². The molecule has 2 rings (SSSR count). The van der Waals surface area contributed by atoms with Crippen LogP contribution < -0.4 is 5.73 Å². The van der Waals surface area contributed by atoms with Crippen LogP contribution in [0.4, 0.5) is 4.39 Å². The first-order chi connectivity index (χ1) is 9.65. The van der Waals surface area contributed by atoms with Gasteiger partial charge in [-0.15, -0.1) is 0 Å². The normalized spacial score (nSPS) is 21.1. The summed E-state index contributed by atoms with van der Waals surface area (Å²) in [5, 5.41) is 11.6. The molecule has 0 aliphatic carbocycles. The molecule has 0 saturated carbocycles. The van der Waals surface area contributed by atoms with Crippen LogP contribution in [-0.4, -0.2) is 29.0 Å².